The highest BCUT2D eigenvalue weighted by molar-refractivity contribution is 5.91. The summed E-state index contributed by atoms with van der Waals surface area (Å²) in [5.41, 5.74) is 1.28. The van der Waals surface area contributed by atoms with Crippen molar-refractivity contribution in [3.63, 3.8) is 0 Å². The second-order valence-electron chi connectivity index (χ2n) is 6.58. The Morgan fingerprint density at radius 1 is 1.43 bits per heavy atom. The largest absolute Gasteiger partial charge is 0.447 e. The normalized spacial score (nSPS) is 20.7. The number of carbonyl (C=O) groups is 2. The zero-order chi connectivity index (χ0) is 16.6. The minimum Gasteiger partial charge on any atom is -0.447 e. The van der Waals surface area contributed by atoms with Crippen molar-refractivity contribution in [2.24, 2.45) is 5.92 Å². The standard InChI is InChI=1S/C17H21FN2O3/c1-11(2)7-16(21)19-6-5-14-10-23-17(22)20(14)15-8-13(18)4-3-12(15)9-19/h3-4,8,11,14H,5-7,9-10H2,1-2H3. The van der Waals surface area contributed by atoms with Crippen LogP contribution in [-0.4, -0.2) is 36.1 Å². The van der Waals surface area contributed by atoms with Gasteiger partial charge in [0.2, 0.25) is 5.91 Å². The fourth-order valence-electron chi connectivity index (χ4n) is 3.14. The lowest BCUT2D eigenvalue weighted by molar-refractivity contribution is -0.132. The van der Waals surface area contributed by atoms with Crippen molar-refractivity contribution in [2.75, 3.05) is 18.1 Å². The third-order valence-corrected chi connectivity index (χ3v) is 4.30. The number of benzene rings is 1. The van der Waals surface area contributed by atoms with Crippen LogP contribution in [0.5, 0.6) is 0 Å². The molecule has 0 aliphatic carbocycles. The summed E-state index contributed by atoms with van der Waals surface area (Å²) in [4.78, 5) is 27.8. The number of rotatable bonds is 2. The van der Waals surface area contributed by atoms with Crippen molar-refractivity contribution in [1.29, 1.82) is 0 Å². The van der Waals surface area contributed by atoms with E-state index in [1.54, 1.807) is 11.0 Å². The van der Waals surface area contributed by atoms with Crippen LogP contribution in [-0.2, 0) is 16.1 Å². The number of cyclic esters (lactones) is 1. The molecule has 23 heavy (non-hydrogen) atoms. The van der Waals surface area contributed by atoms with Gasteiger partial charge in [0.1, 0.15) is 12.4 Å². The highest BCUT2D eigenvalue weighted by Gasteiger charge is 2.37. The molecule has 2 aliphatic rings. The molecule has 2 amide bonds. The lowest BCUT2D eigenvalue weighted by Crippen LogP contribution is -2.42. The van der Waals surface area contributed by atoms with E-state index < -0.39 is 11.9 Å². The quantitative estimate of drug-likeness (QED) is 0.842. The number of hydrogen-bond donors (Lipinski definition) is 0. The molecule has 1 aromatic carbocycles. The molecule has 1 saturated heterocycles. The summed E-state index contributed by atoms with van der Waals surface area (Å²) >= 11 is 0. The molecule has 0 saturated carbocycles. The molecular weight excluding hydrogens is 299 g/mol. The van der Waals surface area contributed by atoms with E-state index in [9.17, 15) is 14.0 Å². The van der Waals surface area contributed by atoms with Crippen molar-refractivity contribution in [3.8, 4) is 0 Å². The number of halogens is 1. The Morgan fingerprint density at radius 3 is 2.96 bits per heavy atom. The molecule has 0 spiro atoms. The molecule has 0 radical (unpaired) electrons. The molecule has 5 nitrogen and oxygen atoms in total. The maximum absolute atomic E-state index is 13.7. The zero-order valence-corrected chi connectivity index (χ0v) is 13.4. The average Bonchev–Trinajstić information content (AvgIpc) is 2.82. The Balaban J connectivity index is 1.95. The van der Waals surface area contributed by atoms with Gasteiger partial charge in [0.05, 0.1) is 11.7 Å². The zero-order valence-electron chi connectivity index (χ0n) is 13.4. The van der Waals surface area contributed by atoms with Gasteiger partial charge in [-0.25, -0.2) is 9.18 Å². The van der Waals surface area contributed by atoms with Crippen LogP contribution in [0.25, 0.3) is 0 Å². The molecule has 0 bridgehead atoms. The predicted octanol–water partition coefficient (Wildman–Crippen LogP) is 2.93. The number of hydrogen-bond acceptors (Lipinski definition) is 3. The molecular formula is C17H21FN2O3. The Kier molecular flexibility index (Phi) is 4.24. The smallest absolute Gasteiger partial charge is 0.414 e. The number of ether oxygens (including phenoxy) is 1. The first-order valence-corrected chi connectivity index (χ1v) is 7.98. The molecule has 6 heteroatoms. The highest BCUT2D eigenvalue weighted by atomic mass is 19.1. The maximum atomic E-state index is 13.7. The summed E-state index contributed by atoms with van der Waals surface area (Å²) in [6.45, 7) is 5.26. The van der Waals surface area contributed by atoms with Crippen molar-refractivity contribution >= 4 is 17.7 Å². The van der Waals surface area contributed by atoms with Gasteiger partial charge in [0.25, 0.3) is 0 Å². The minimum atomic E-state index is -0.441. The van der Waals surface area contributed by atoms with Crippen molar-refractivity contribution < 1.29 is 18.7 Å². The fraction of sp³-hybridized carbons (Fsp3) is 0.529. The van der Waals surface area contributed by atoms with Crippen molar-refractivity contribution in [1.82, 2.24) is 4.90 Å². The molecule has 1 unspecified atom stereocenters. The van der Waals surface area contributed by atoms with Gasteiger partial charge < -0.3 is 9.64 Å². The van der Waals surface area contributed by atoms with E-state index in [0.29, 0.717) is 31.6 Å². The summed E-state index contributed by atoms with van der Waals surface area (Å²) < 4.78 is 18.8. The number of carbonyl (C=O) groups excluding carboxylic acids is 2. The van der Waals surface area contributed by atoms with Crippen LogP contribution in [0, 0.1) is 11.7 Å². The number of nitrogens with zero attached hydrogens (tertiary/aromatic N) is 2. The number of amides is 2. The van der Waals surface area contributed by atoms with Gasteiger partial charge >= 0.3 is 6.09 Å². The van der Waals surface area contributed by atoms with E-state index >= 15 is 0 Å². The summed E-state index contributed by atoms with van der Waals surface area (Å²) in [5, 5.41) is 0. The molecule has 2 aliphatic heterocycles. The predicted molar refractivity (Wildman–Crippen MR) is 83.5 cm³/mol. The van der Waals surface area contributed by atoms with Crippen LogP contribution in [0.1, 0.15) is 32.3 Å². The Hall–Kier alpha value is -2.11. The first kappa shape index (κ1) is 15.8. The Bertz CT molecular complexity index is 632. The van der Waals surface area contributed by atoms with Gasteiger partial charge in [0, 0.05) is 19.5 Å². The van der Waals surface area contributed by atoms with Gasteiger partial charge in [-0.05, 0) is 30.0 Å². The summed E-state index contributed by atoms with van der Waals surface area (Å²) in [7, 11) is 0. The highest BCUT2D eigenvalue weighted by Crippen LogP contribution is 2.32. The third-order valence-electron chi connectivity index (χ3n) is 4.30. The van der Waals surface area contributed by atoms with E-state index in [2.05, 4.69) is 0 Å². The van der Waals surface area contributed by atoms with Crippen LogP contribution in [0.3, 0.4) is 0 Å². The third kappa shape index (κ3) is 3.16. The first-order valence-electron chi connectivity index (χ1n) is 7.98. The van der Waals surface area contributed by atoms with E-state index in [0.717, 1.165) is 5.56 Å². The van der Waals surface area contributed by atoms with E-state index in [1.165, 1.54) is 17.0 Å². The van der Waals surface area contributed by atoms with Crippen molar-refractivity contribution in [2.45, 2.75) is 39.3 Å². The summed E-state index contributed by atoms with van der Waals surface area (Å²) in [6, 6.07) is 4.21. The summed E-state index contributed by atoms with van der Waals surface area (Å²) in [5.74, 6) is -0.0229. The monoisotopic (exact) mass is 320 g/mol. The molecule has 3 rings (SSSR count). The Morgan fingerprint density at radius 2 is 2.22 bits per heavy atom. The van der Waals surface area contributed by atoms with E-state index in [-0.39, 0.29) is 24.5 Å². The first-order chi connectivity index (χ1) is 11.0. The van der Waals surface area contributed by atoms with Gasteiger partial charge in [-0.1, -0.05) is 19.9 Å². The lowest BCUT2D eigenvalue weighted by Gasteiger charge is -2.32. The van der Waals surface area contributed by atoms with Gasteiger partial charge in [-0.2, -0.15) is 0 Å². The average molecular weight is 320 g/mol. The van der Waals surface area contributed by atoms with Crippen LogP contribution < -0.4 is 4.90 Å². The van der Waals surface area contributed by atoms with Gasteiger partial charge in [0.15, 0.2) is 0 Å². The Labute approximate surface area is 135 Å². The van der Waals surface area contributed by atoms with E-state index in [1.807, 2.05) is 13.8 Å². The molecule has 0 aromatic heterocycles. The molecule has 2 heterocycles. The second kappa shape index (κ2) is 6.18. The number of anilines is 1. The maximum Gasteiger partial charge on any atom is 0.414 e. The minimum absolute atomic E-state index is 0.0916. The number of fused-ring (bicyclic) bond motifs is 3. The van der Waals surface area contributed by atoms with Crippen LogP contribution >= 0.6 is 0 Å². The molecule has 0 N–H and O–H groups in total. The molecule has 1 fully saturated rings. The van der Waals surface area contributed by atoms with Crippen LogP contribution in [0.4, 0.5) is 14.9 Å². The van der Waals surface area contributed by atoms with Crippen LogP contribution in [0.2, 0.25) is 0 Å². The molecule has 1 aromatic rings. The summed E-state index contributed by atoms with van der Waals surface area (Å²) in [6.07, 6.45) is 0.676. The van der Waals surface area contributed by atoms with Gasteiger partial charge in [-0.3, -0.25) is 9.69 Å². The lowest BCUT2D eigenvalue weighted by atomic mass is 10.0. The second-order valence-corrected chi connectivity index (χ2v) is 6.58. The molecule has 124 valence electrons. The SMILES string of the molecule is CC(C)CC(=O)N1CCC2COC(=O)N2c2cc(F)ccc2C1. The van der Waals surface area contributed by atoms with Crippen molar-refractivity contribution in [3.05, 3.63) is 29.6 Å². The fourth-order valence-corrected chi connectivity index (χ4v) is 3.14. The van der Waals surface area contributed by atoms with E-state index in [4.69, 9.17) is 4.74 Å². The molecule has 1 atom stereocenters. The topological polar surface area (TPSA) is 49.9 Å². The van der Waals surface area contributed by atoms with Gasteiger partial charge in [-0.15, -0.1) is 0 Å². The van der Waals surface area contributed by atoms with Crippen LogP contribution in [0.15, 0.2) is 18.2 Å².